The Balaban J connectivity index is 2.17. The van der Waals surface area contributed by atoms with E-state index in [0.717, 1.165) is 6.42 Å². The molecule has 72 valence electrons. The van der Waals surface area contributed by atoms with Crippen molar-refractivity contribution in [3.8, 4) is 0 Å². The monoisotopic (exact) mass is 171 g/mol. The van der Waals surface area contributed by atoms with Gasteiger partial charge in [-0.3, -0.25) is 0 Å². The summed E-state index contributed by atoms with van der Waals surface area (Å²) < 4.78 is 5.86. The van der Waals surface area contributed by atoms with E-state index >= 15 is 0 Å². The Bertz CT molecular complexity index is 119. The van der Waals surface area contributed by atoms with Crippen LogP contribution in [-0.2, 0) is 4.74 Å². The lowest BCUT2D eigenvalue weighted by Gasteiger charge is -2.30. The van der Waals surface area contributed by atoms with Gasteiger partial charge in [-0.15, -0.1) is 0 Å². The van der Waals surface area contributed by atoms with Gasteiger partial charge in [0.05, 0.1) is 12.2 Å². The van der Waals surface area contributed by atoms with Crippen molar-refractivity contribution < 1.29 is 4.74 Å². The third-order valence-electron chi connectivity index (χ3n) is 2.67. The Morgan fingerprint density at radius 1 is 1.42 bits per heavy atom. The predicted molar refractivity (Wildman–Crippen MR) is 51.4 cm³/mol. The van der Waals surface area contributed by atoms with Crippen LogP contribution in [0.4, 0.5) is 0 Å². The van der Waals surface area contributed by atoms with E-state index < -0.39 is 0 Å². The van der Waals surface area contributed by atoms with Crippen LogP contribution in [-0.4, -0.2) is 37.2 Å². The van der Waals surface area contributed by atoms with Gasteiger partial charge in [0.1, 0.15) is 0 Å². The molecular formula is C10H21NO. The molecule has 0 amide bonds. The Kier molecular flexibility index (Phi) is 4.02. The van der Waals surface area contributed by atoms with Gasteiger partial charge in [-0.1, -0.05) is 6.92 Å². The Morgan fingerprint density at radius 3 is 2.50 bits per heavy atom. The summed E-state index contributed by atoms with van der Waals surface area (Å²) in [6.45, 7) is 6.74. The van der Waals surface area contributed by atoms with Crippen LogP contribution in [0, 0.1) is 0 Å². The second-order valence-electron chi connectivity index (χ2n) is 3.86. The van der Waals surface area contributed by atoms with Crippen molar-refractivity contribution in [2.24, 2.45) is 0 Å². The zero-order valence-electron chi connectivity index (χ0n) is 8.55. The Labute approximate surface area is 75.9 Å². The van der Waals surface area contributed by atoms with Crippen molar-refractivity contribution in [1.82, 2.24) is 4.90 Å². The van der Waals surface area contributed by atoms with E-state index in [1.165, 1.54) is 25.9 Å². The minimum absolute atomic E-state index is 0.443. The van der Waals surface area contributed by atoms with Crippen LogP contribution in [0.3, 0.4) is 0 Å². The topological polar surface area (TPSA) is 12.5 Å². The second-order valence-corrected chi connectivity index (χ2v) is 3.86. The summed E-state index contributed by atoms with van der Waals surface area (Å²) in [6, 6.07) is 0. The van der Waals surface area contributed by atoms with Gasteiger partial charge in [-0.05, 0) is 33.2 Å². The molecule has 12 heavy (non-hydrogen) atoms. The summed E-state index contributed by atoms with van der Waals surface area (Å²) in [4.78, 5) is 2.37. The molecule has 0 N–H and O–H groups in total. The summed E-state index contributed by atoms with van der Waals surface area (Å²) in [5, 5.41) is 0. The predicted octanol–water partition coefficient (Wildman–Crippen LogP) is 1.90. The number of piperidine rings is 1. The Morgan fingerprint density at radius 2 is 2.00 bits per heavy atom. The number of nitrogens with zero attached hydrogens (tertiary/aromatic N) is 1. The Hall–Kier alpha value is -0.0800. The first-order chi connectivity index (χ1) is 5.72. The van der Waals surface area contributed by atoms with Crippen molar-refractivity contribution in [2.75, 3.05) is 20.1 Å². The average molecular weight is 171 g/mol. The maximum atomic E-state index is 5.86. The van der Waals surface area contributed by atoms with E-state index in [0.29, 0.717) is 12.2 Å². The number of rotatable bonds is 3. The molecule has 0 spiro atoms. The highest BCUT2D eigenvalue weighted by Crippen LogP contribution is 2.14. The van der Waals surface area contributed by atoms with Crippen molar-refractivity contribution in [1.29, 1.82) is 0 Å². The molecule has 0 aromatic carbocycles. The fourth-order valence-corrected chi connectivity index (χ4v) is 1.55. The minimum Gasteiger partial charge on any atom is -0.375 e. The lowest BCUT2D eigenvalue weighted by Crippen LogP contribution is -2.35. The van der Waals surface area contributed by atoms with E-state index in [1.807, 2.05) is 0 Å². The van der Waals surface area contributed by atoms with Gasteiger partial charge in [-0.2, -0.15) is 0 Å². The first-order valence-electron chi connectivity index (χ1n) is 5.06. The van der Waals surface area contributed by atoms with Crippen LogP contribution in [0.2, 0.25) is 0 Å². The van der Waals surface area contributed by atoms with E-state index in [4.69, 9.17) is 4.74 Å². The molecule has 1 atom stereocenters. The molecule has 1 fully saturated rings. The molecule has 0 bridgehead atoms. The highest BCUT2D eigenvalue weighted by atomic mass is 16.5. The minimum atomic E-state index is 0.443. The fraction of sp³-hybridized carbons (Fsp3) is 1.00. The first-order valence-corrected chi connectivity index (χ1v) is 5.06. The standard InChI is InChI=1S/C10H21NO/c1-4-9(2)12-10-5-7-11(3)8-6-10/h9-10H,4-8H2,1-3H3. The molecule has 0 aliphatic carbocycles. The molecule has 2 heteroatoms. The van der Waals surface area contributed by atoms with E-state index in [2.05, 4.69) is 25.8 Å². The molecule has 0 saturated carbocycles. The number of likely N-dealkylation sites (tertiary alicyclic amines) is 1. The maximum absolute atomic E-state index is 5.86. The van der Waals surface area contributed by atoms with Gasteiger partial charge in [0.25, 0.3) is 0 Å². The lowest BCUT2D eigenvalue weighted by molar-refractivity contribution is -0.0324. The molecule has 0 aromatic heterocycles. The van der Waals surface area contributed by atoms with E-state index in [1.54, 1.807) is 0 Å². The summed E-state index contributed by atoms with van der Waals surface area (Å²) in [7, 11) is 2.18. The smallest absolute Gasteiger partial charge is 0.0603 e. The normalized spacial score (nSPS) is 24.2. The first kappa shape index (κ1) is 10.0. The average Bonchev–Trinajstić information content (AvgIpc) is 2.09. The van der Waals surface area contributed by atoms with Crippen LogP contribution in [0.5, 0.6) is 0 Å². The van der Waals surface area contributed by atoms with Gasteiger partial charge in [0.15, 0.2) is 0 Å². The molecule has 1 rings (SSSR count). The van der Waals surface area contributed by atoms with Gasteiger partial charge < -0.3 is 9.64 Å². The van der Waals surface area contributed by atoms with Crippen molar-refractivity contribution >= 4 is 0 Å². The fourth-order valence-electron chi connectivity index (χ4n) is 1.55. The van der Waals surface area contributed by atoms with Gasteiger partial charge in [0.2, 0.25) is 0 Å². The zero-order valence-corrected chi connectivity index (χ0v) is 8.55. The highest BCUT2D eigenvalue weighted by molar-refractivity contribution is 4.70. The van der Waals surface area contributed by atoms with E-state index in [-0.39, 0.29) is 0 Å². The molecule has 1 aliphatic heterocycles. The van der Waals surface area contributed by atoms with Gasteiger partial charge in [-0.25, -0.2) is 0 Å². The number of hydrogen-bond acceptors (Lipinski definition) is 2. The SMILES string of the molecule is CCC(C)OC1CCN(C)CC1. The molecule has 0 radical (unpaired) electrons. The number of ether oxygens (including phenoxy) is 1. The molecule has 0 aromatic rings. The maximum Gasteiger partial charge on any atom is 0.0603 e. The van der Waals surface area contributed by atoms with Crippen LogP contribution in [0.15, 0.2) is 0 Å². The second kappa shape index (κ2) is 4.83. The number of hydrogen-bond donors (Lipinski definition) is 0. The van der Waals surface area contributed by atoms with Crippen LogP contribution >= 0.6 is 0 Å². The quantitative estimate of drug-likeness (QED) is 0.643. The molecule has 1 unspecified atom stereocenters. The zero-order chi connectivity index (χ0) is 8.97. The van der Waals surface area contributed by atoms with Crippen LogP contribution in [0.1, 0.15) is 33.1 Å². The molecule has 2 nitrogen and oxygen atoms in total. The third kappa shape index (κ3) is 3.11. The summed E-state index contributed by atoms with van der Waals surface area (Å²) >= 11 is 0. The molecular weight excluding hydrogens is 150 g/mol. The third-order valence-corrected chi connectivity index (χ3v) is 2.67. The highest BCUT2D eigenvalue weighted by Gasteiger charge is 2.18. The van der Waals surface area contributed by atoms with Crippen molar-refractivity contribution in [2.45, 2.75) is 45.3 Å². The van der Waals surface area contributed by atoms with Crippen molar-refractivity contribution in [3.63, 3.8) is 0 Å². The summed E-state index contributed by atoms with van der Waals surface area (Å²) in [5.74, 6) is 0. The molecule has 1 heterocycles. The van der Waals surface area contributed by atoms with Gasteiger partial charge >= 0.3 is 0 Å². The molecule has 1 aliphatic rings. The van der Waals surface area contributed by atoms with Crippen molar-refractivity contribution in [3.05, 3.63) is 0 Å². The van der Waals surface area contributed by atoms with Crippen LogP contribution in [0.25, 0.3) is 0 Å². The molecule has 1 saturated heterocycles. The van der Waals surface area contributed by atoms with E-state index in [9.17, 15) is 0 Å². The lowest BCUT2D eigenvalue weighted by atomic mass is 10.1. The summed E-state index contributed by atoms with van der Waals surface area (Å²) in [6.07, 6.45) is 4.52. The van der Waals surface area contributed by atoms with Gasteiger partial charge in [0, 0.05) is 13.1 Å². The largest absolute Gasteiger partial charge is 0.375 e. The summed E-state index contributed by atoms with van der Waals surface area (Å²) in [5.41, 5.74) is 0. The van der Waals surface area contributed by atoms with Crippen LogP contribution < -0.4 is 0 Å².